The Labute approximate surface area is 193 Å². The molecule has 0 N–H and O–H groups in total. The molecule has 0 bridgehead atoms. The van der Waals surface area contributed by atoms with Crippen LogP contribution in [0, 0.1) is 0 Å². The largest absolute Gasteiger partial charge is 0.497 e. The van der Waals surface area contributed by atoms with Crippen molar-refractivity contribution >= 4 is 5.91 Å². The van der Waals surface area contributed by atoms with Crippen LogP contribution in [0.4, 0.5) is 0 Å². The van der Waals surface area contributed by atoms with E-state index >= 15 is 0 Å². The maximum Gasteiger partial charge on any atom is 0.254 e. The second-order valence-electron chi connectivity index (χ2n) is 7.91. The number of rotatable bonds is 10. The zero-order valence-corrected chi connectivity index (χ0v) is 19.0. The molecule has 1 aliphatic heterocycles. The average molecular weight is 452 g/mol. The lowest BCUT2D eigenvalue weighted by molar-refractivity contribution is 0.0507. The first kappa shape index (κ1) is 22.7. The number of methoxy groups -OCH3 is 2. The van der Waals surface area contributed by atoms with E-state index in [0.29, 0.717) is 35.9 Å². The molecule has 1 aliphatic rings. The van der Waals surface area contributed by atoms with E-state index in [0.717, 1.165) is 30.8 Å². The number of furan rings is 1. The Morgan fingerprint density at radius 1 is 1.06 bits per heavy atom. The first-order valence-electron chi connectivity index (χ1n) is 11.0. The van der Waals surface area contributed by atoms with Crippen molar-refractivity contribution in [2.75, 3.05) is 27.4 Å². The minimum atomic E-state index is -0.0710. The van der Waals surface area contributed by atoms with Crippen LogP contribution in [0.5, 0.6) is 17.2 Å². The standard InChI is InChI=1S/C26H29NO6/c1-29-21-7-3-6-20(15-21)26(28)27(17-22-8-4-12-31-22)16-19-10-11-24(30-2)25(14-19)33-18-23-9-5-13-32-23/h3,5-7,9-11,13-15,22H,4,8,12,16-18H2,1-2H3. The van der Waals surface area contributed by atoms with Gasteiger partial charge in [0, 0.05) is 25.3 Å². The number of amides is 1. The van der Waals surface area contributed by atoms with Gasteiger partial charge in [-0.05, 0) is 60.9 Å². The molecule has 2 aromatic carbocycles. The van der Waals surface area contributed by atoms with Crippen molar-refractivity contribution in [3.8, 4) is 17.2 Å². The van der Waals surface area contributed by atoms with Crippen LogP contribution < -0.4 is 14.2 Å². The molecule has 1 amide bonds. The van der Waals surface area contributed by atoms with Crippen LogP contribution in [-0.4, -0.2) is 44.3 Å². The smallest absolute Gasteiger partial charge is 0.254 e. The number of carbonyl (C=O) groups is 1. The number of nitrogens with zero attached hydrogens (tertiary/aromatic N) is 1. The molecule has 0 saturated carbocycles. The maximum atomic E-state index is 13.4. The summed E-state index contributed by atoms with van der Waals surface area (Å²) in [7, 11) is 3.19. The predicted molar refractivity (Wildman–Crippen MR) is 123 cm³/mol. The summed E-state index contributed by atoms with van der Waals surface area (Å²) in [6, 6.07) is 16.6. The van der Waals surface area contributed by atoms with Crippen molar-refractivity contribution in [2.24, 2.45) is 0 Å². The van der Waals surface area contributed by atoms with E-state index in [1.54, 1.807) is 32.6 Å². The summed E-state index contributed by atoms with van der Waals surface area (Å²) in [4.78, 5) is 15.3. The first-order chi connectivity index (χ1) is 16.2. The van der Waals surface area contributed by atoms with Crippen LogP contribution in [-0.2, 0) is 17.9 Å². The summed E-state index contributed by atoms with van der Waals surface area (Å²) in [6.45, 7) is 1.95. The molecular weight excluding hydrogens is 422 g/mol. The van der Waals surface area contributed by atoms with Gasteiger partial charge in [-0.2, -0.15) is 0 Å². The van der Waals surface area contributed by atoms with E-state index in [1.807, 2.05) is 47.4 Å². The zero-order valence-electron chi connectivity index (χ0n) is 19.0. The highest BCUT2D eigenvalue weighted by Gasteiger charge is 2.24. The topological polar surface area (TPSA) is 70.4 Å². The lowest BCUT2D eigenvalue weighted by Crippen LogP contribution is -2.37. The number of carbonyl (C=O) groups excluding carboxylic acids is 1. The third kappa shape index (κ3) is 5.87. The minimum Gasteiger partial charge on any atom is -0.497 e. The number of hydrogen-bond acceptors (Lipinski definition) is 6. The Balaban J connectivity index is 1.55. The second-order valence-corrected chi connectivity index (χ2v) is 7.91. The number of ether oxygens (including phenoxy) is 4. The number of hydrogen-bond donors (Lipinski definition) is 0. The highest BCUT2D eigenvalue weighted by Crippen LogP contribution is 2.30. The SMILES string of the molecule is COc1cccc(C(=O)N(Cc2ccc(OC)c(OCc3ccco3)c2)CC2CCCO2)c1. The van der Waals surface area contributed by atoms with Crippen molar-refractivity contribution < 1.29 is 28.2 Å². The van der Waals surface area contributed by atoms with E-state index < -0.39 is 0 Å². The van der Waals surface area contributed by atoms with Gasteiger partial charge in [-0.25, -0.2) is 0 Å². The normalized spacial score (nSPS) is 15.3. The monoisotopic (exact) mass is 451 g/mol. The molecule has 1 fully saturated rings. The van der Waals surface area contributed by atoms with Gasteiger partial charge in [-0.1, -0.05) is 12.1 Å². The third-order valence-corrected chi connectivity index (χ3v) is 5.60. The molecule has 7 nitrogen and oxygen atoms in total. The third-order valence-electron chi connectivity index (χ3n) is 5.60. The van der Waals surface area contributed by atoms with Crippen LogP contribution in [0.3, 0.4) is 0 Å². The summed E-state index contributed by atoms with van der Waals surface area (Å²) in [6.07, 6.45) is 3.60. The summed E-state index contributed by atoms with van der Waals surface area (Å²) in [5.41, 5.74) is 1.51. The Morgan fingerprint density at radius 3 is 2.70 bits per heavy atom. The first-order valence-corrected chi connectivity index (χ1v) is 11.0. The van der Waals surface area contributed by atoms with Gasteiger partial charge >= 0.3 is 0 Å². The van der Waals surface area contributed by atoms with Crippen molar-refractivity contribution in [3.63, 3.8) is 0 Å². The van der Waals surface area contributed by atoms with Crippen LogP contribution in [0.15, 0.2) is 65.3 Å². The molecule has 1 atom stereocenters. The Morgan fingerprint density at radius 2 is 1.97 bits per heavy atom. The Hall–Kier alpha value is -3.45. The maximum absolute atomic E-state index is 13.4. The van der Waals surface area contributed by atoms with E-state index in [4.69, 9.17) is 23.4 Å². The molecule has 1 unspecified atom stereocenters. The van der Waals surface area contributed by atoms with Gasteiger partial charge in [0.25, 0.3) is 5.91 Å². The molecule has 1 aromatic heterocycles. The second kappa shape index (κ2) is 10.9. The Bertz CT molecular complexity index is 1040. The lowest BCUT2D eigenvalue weighted by Gasteiger charge is -2.26. The van der Waals surface area contributed by atoms with E-state index in [1.165, 1.54) is 0 Å². The van der Waals surface area contributed by atoms with Crippen LogP contribution in [0.2, 0.25) is 0 Å². The molecule has 0 radical (unpaired) electrons. The van der Waals surface area contributed by atoms with Crippen molar-refractivity contribution in [1.82, 2.24) is 4.90 Å². The van der Waals surface area contributed by atoms with Gasteiger partial charge in [0.2, 0.25) is 0 Å². The van der Waals surface area contributed by atoms with Crippen LogP contribution >= 0.6 is 0 Å². The van der Waals surface area contributed by atoms with Crippen molar-refractivity contribution in [1.29, 1.82) is 0 Å². The molecule has 174 valence electrons. The Kier molecular flexibility index (Phi) is 7.52. The van der Waals surface area contributed by atoms with E-state index in [2.05, 4.69) is 0 Å². The summed E-state index contributed by atoms with van der Waals surface area (Å²) < 4.78 is 27.9. The fourth-order valence-electron chi connectivity index (χ4n) is 3.89. The van der Waals surface area contributed by atoms with Gasteiger partial charge < -0.3 is 28.3 Å². The van der Waals surface area contributed by atoms with E-state index in [9.17, 15) is 4.79 Å². The molecule has 33 heavy (non-hydrogen) atoms. The van der Waals surface area contributed by atoms with Gasteiger partial charge in [0.1, 0.15) is 18.1 Å². The summed E-state index contributed by atoms with van der Waals surface area (Å²) >= 11 is 0. The van der Waals surface area contributed by atoms with Crippen molar-refractivity contribution in [3.05, 3.63) is 77.7 Å². The average Bonchev–Trinajstić information content (AvgIpc) is 3.56. The predicted octanol–water partition coefficient (Wildman–Crippen LogP) is 4.70. The molecule has 4 rings (SSSR count). The summed E-state index contributed by atoms with van der Waals surface area (Å²) in [5.74, 6) is 2.51. The van der Waals surface area contributed by atoms with Gasteiger partial charge in [-0.15, -0.1) is 0 Å². The van der Waals surface area contributed by atoms with Crippen molar-refractivity contribution in [2.45, 2.75) is 32.1 Å². The van der Waals surface area contributed by atoms with Crippen LogP contribution in [0.1, 0.15) is 34.5 Å². The molecule has 1 saturated heterocycles. The molecule has 2 heterocycles. The van der Waals surface area contributed by atoms with E-state index in [-0.39, 0.29) is 18.6 Å². The highest BCUT2D eigenvalue weighted by molar-refractivity contribution is 5.94. The zero-order chi connectivity index (χ0) is 23.0. The quantitative estimate of drug-likeness (QED) is 0.445. The lowest BCUT2D eigenvalue weighted by atomic mass is 10.1. The fourth-order valence-corrected chi connectivity index (χ4v) is 3.89. The van der Waals surface area contributed by atoms with Gasteiger partial charge in [0.05, 0.1) is 26.6 Å². The van der Waals surface area contributed by atoms with Gasteiger partial charge in [-0.3, -0.25) is 4.79 Å². The van der Waals surface area contributed by atoms with Gasteiger partial charge in [0.15, 0.2) is 11.5 Å². The highest BCUT2D eigenvalue weighted by atomic mass is 16.5. The van der Waals surface area contributed by atoms with Crippen LogP contribution in [0.25, 0.3) is 0 Å². The molecule has 7 heteroatoms. The minimum absolute atomic E-state index is 0.0347. The summed E-state index contributed by atoms with van der Waals surface area (Å²) in [5, 5.41) is 0. The molecule has 3 aromatic rings. The molecular formula is C26H29NO6. The number of benzene rings is 2. The molecule has 0 spiro atoms. The molecule has 0 aliphatic carbocycles. The fraction of sp³-hybridized carbons (Fsp3) is 0.346.